The summed E-state index contributed by atoms with van der Waals surface area (Å²) < 4.78 is 7.76. The van der Waals surface area contributed by atoms with Crippen LogP contribution in [0.15, 0.2) is 34.9 Å². The van der Waals surface area contributed by atoms with E-state index in [0.29, 0.717) is 5.76 Å². The van der Waals surface area contributed by atoms with Gasteiger partial charge in [-0.2, -0.15) is 5.10 Å². The largest absolute Gasteiger partial charge is 0.451 e. The van der Waals surface area contributed by atoms with Crippen molar-refractivity contribution in [3.63, 3.8) is 0 Å². The van der Waals surface area contributed by atoms with Gasteiger partial charge >= 0.3 is 0 Å². The molecule has 130 valence electrons. The molecule has 1 aliphatic heterocycles. The van der Waals surface area contributed by atoms with Gasteiger partial charge in [0.25, 0.3) is 5.91 Å². The van der Waals surface area contributed by atoms with Gasteiger partial charge in [-0.25, -0.2) is 0 Å². The van der Waals surface area contributed by atoms with Crippen molar-refractivity contribution in [1.29, 1.82) is 0 Å². The third-order valence-corrected chi connectivity index (χ3v) is 5.13. The second-order valence-corrected chi connectivity index (χ2v) is 6.98. The second kappa shape index (κ2) is 6.06. The van der Waals surface area contributed by atoms with Crippen LogP contribution in [-0.4, -0.2) is 27.1 Å². The molecule has 25 heavy (non-hydrogen) atoms. The summed E-state index contributed by atoms with van der Waals surface area (Å²) in [6.45, 7) is 4.74. The second-order valence-electron chi connectivity index (χ2n) is 6.98. The molecule has 1 aliphatic rings. The van der Waals surface area contributed by atoms with Crippen LogP contribution < -0.4 is 0 Å². The van der Waals surface area contributed by atoms with Gasteiger partial charge in [-0.1, -0.05) is 12.1 Å². The van der Waals surface area contributed by atoms with Crippen LogP contribution in [0.3, 0.4) is 0 Å². The first-order chi connectivity index (χ1) is 12.0. The molecule has 3 aromatic rings. The number of benzene rings is 1. The minimum absolute atomic E-state index is 0.0248. The topological polar surface area (TPSA) is 51.3 Å². The molecule has 1 saturated heterocycles. The van der Waals surface area contributed by atoms with E-state index in [9.17, 15) is 4.79 Å². The maximum Gasteiger partial charge on any atom is 0.290 e. The molecule has 0 radical (unpaired) electrons. The molecular weight excluding hydrogens is 314 g/mol. The average molecular weight is 337 g/mol. The van der Waals surface area contributed by atoms with Crippen LogP contribution in [0.1, 0.15) is 52.7 Å². The highest BCUT2D eigenvalue weighted by molar-refractivity contribution is 5.99. The minimum atomic E-state index is -0.0262. The Morgan fingerprint density at radius 2 is 2.08 bits per heavy atom. The van der Waals surface area contributed by atoms with Gasteiger partial charge in [0.1, 0.15) is 5.58 Å². The molecule has 0 bridgehead atoms. The minimum Gasteiger partial charge on any atom is -0.451 e. The summed E-state index contributed by atoms with van der Waals surface area (Å²) in [7, 11) is 1.91. The summed E-state index contributed by atoms with van der Waals surface area (Å²) in [6.07, 6.45) is 5.01. The van der Waals surface area contributed by atoms with Gasteiger partial charge in [0, 0.05) is 30.7 Å². The van der Waals surface area contributed by atoms with Crippen LogP contribution in [-0.2, 0) is 7.05 Å². The molecule has 3 heterocycles. The zero-order valence-electron chi connectivity index (χ0n) is 15.0. The molecule has 0 N–H and O–H groups in total. The van der Waals surface area contributed by atoms with Crippen LogP contribution >= 0.6 is 0 Å². The molecule has 4 rings (SSSR count). The molecule has 5 heteroatoms. The van der Waals surface area contributed by atoms with Gasteiger partial charge in [-0.3, -0.25) is 9.48 Å². The summed E-state index contributed by atoms with van der Waals surface area (Å²) >= 11 is 0. The number of piperidine rings is 1. The number of hydrogen-bond donors (Lipinski definition) is 0. The van der Waals surface area contributed by atoms with Crippen LogP contribution in [0.2, 0.25) is 0 Å². The highest BCUT2D eigenvalue weighted by Gasteiger charge is 2.32. The van der Waals surface area contributed by atoms with Crippen molar-refractivity contribution >= 4 is 16.9 Å². The molecule has 0 aliphatic carbocycles. The summed E-state index contributed by atoms with van der Waals surface area (Å²) in [4.78, 5) is 15.2. The first-order valence-electron chi connectivity index (χ1n) is 8.85. The Morgan fingerprint density at radius 3 is 2.84 bits per heavy atom. The molecule has 0 spiro atoms. The van der Waals surface area contributed by atoms with E-state index in [-0.39, 0.29) is 11.9 Å². The van der Waals surface area contributed by atoms with Gasteiger partial charge in [-0.05, 0) is 50.8 Å². The Hall–Kier alpha value is -2.56. The Bertz CT molecular complexity index is 938. The highest BCUT2D eigenvalue weighted by Crippen LogP contribution is 2.34. The van der Waals surface area contributed by atoms with Crippen molar-refractivity contribution in [3.8, 4) is 0 Å². The van der Waals surface area contributed by atoms with E-state index in [4.69, 9.17) is 4.42 Å². The van der Waals surface area contributed by atoms with Crippen molar-refractivity contribution in [1.82, 2.24) is 14.7 Å². The standard InChI is InChI=1S/C20H23N3O2/c1-13-7-8-15-14(2)19(25-18(15)12-13)20(24)23-10-5-4-6-17(23)16-9-11-22(3)21-16/h7-9,11-12,17H,4-6,10H2,1-3H3. The van der Waals surface area contributed by atoms with Gasteiger partial charge < -0.3 is 9.32 Å². The SMILES string of the molecule is Cc1ccc2c(C)c(C(=O)N3CCCCC3c3ccn(C)n3)oc2c1. The van der Waals surface area contributed by atoms with Gasteiger partial charge in [-0.15, -0.1) is 0 Å². The summed E-state index contributed by atoms with van der Waals surface area (Å²) in [5, 5.41) is 5.54. The number of nitrogens with zero attached hydrogens (tertiary/aromatic N) is 3. The Balaban J connectivity index is 1.72. The fourth-order valence-corrected chi connectivity index (χ4v) is 3.76. The smallest absolute Gasteiger partial charge is 0.290 e. The predicted octanol–water partition coefficient (Wildman–Crippen LogP) is 4.15. The maximum absolute atomic E-state index is 13.3. The van der Waals surface area contributed by atoms with Crippen LogP contribution in [0.4, 0.5) is 0 Å². The zero-order valence-corrected chi connectivity index (χ0v) is 15.0. The fraction of sp³-hybridized carbons (Fsp3) is 0.400. The molecular formula is C20H23N3O2. The first-order valence-corrected chi connectivity index (χ1v) is 8.85. The number of fused-ring (bicyclic) bond motifs is 1. The van der Waals surface area contributed by atoms with Crippen LogP contribution in [0, 0.1) is 13.8 Å². The third-order valence-electron chi connectivity index (χ3n) is 5.13. The predicted molar refractivity (Wildman–Crippen MR) is 96.5 cm³/mol. The Kier molecular flexibility index (Phi) is 3.86. The lowest BCUT2D eigenvalue weighted by Crippen LogP contribution is -2.38. The van der Waals surface area contributed by atoms with Crippen molar-refractivity contribution in [2.24, 2.45) is 7.05 Å². The summed E-state index contributed by atoms with van der Waals surface area (Å²) in [5.41, 5.74) is 3.79. The number of hydrogen-bond acceptors (Lipinski definition) is 3. The molecule has 5 nitrogen and oxygen atoms in total. The number of aromatic nitrogens is 2. The van der Waals surface area contributed by atoms with Crippen molar-refractivity contribution in [3.05, 3.63) is 53.0 Å². The number of furan rings is 1. The van der Waals surface area contributed by atoms with Crippen molar-refractivity contribution in [2.75, 3.05) is 6.54 Å². The maximum atomic E-state index is 13.3. The van der Waals surface area contributed by atoms with Crippen molar-refractivity contribution < 1.29 is 9.21 Å². The van der Waals surface area contributed by atoms with E-state index >= 15 is 0 Å². The molecule has 1 fully saturated rings. The normalized spacial score (nSPS) is 18.0. The van der Waals surface area contributed by atoms with E-state index in [1.165, 1.54) is 0 Å². The lowest BCUT2D eigenvalue weighted by Gasteiger charge is -2.34. The average Bonchev–Trinajstić information content (AvgIpc) is 3.18. The van der Waals surface area contributed by atoms with E-state index in [2.05, 4.69) is 11.2 Å². The number of rotatable bonds is 2. The van der Waals surface area contributed by atoms with Crippen LogP contribution in [0.5, 0.6) is 0 Å². The molecule has 2 aromatic heterocycles. The lowest BCUT2D eigenvalue weighted by atomic mass is 9.98. The lowest BCUT2D eigenvalue weighted by molar-refractivity contribution is 0.0574. The van der Waals surface area contributed by atoms with E-state index in [1.54, 1.807) is 4.68 Å². The zero-order chi connectivity index (χ0) is 17.6. The fourth-order valence-electron chi connectivity index (χ4n) is 3.76. The number of amides is 1. The van der Waals surface area contributed by atoms with Crippen LogP contribution in [0.25, 0.3) is 11.0 Å². The van der Waals surface area contributed by atoms with E-state index in [0.717, 1.165) is 53.6 Å². The monoisotopic (exact) mass is 337 g/mol. The molecule has 1 amide bonds. The Morgan fingerprint density at radius 1 is 1.24 bits per heavy atom. The summed E-state index contributed by atoms with van der Waals surface area (Å²) in [6, 6.07) is 8.11. The van der Waals surface area contributed by atoms with Gasteiger partial charge in [0.15, 0.2) is 5.76 Å². The first kappa shape index (κ1) is 15.9. The molecule has 1 unspecified atom stereocenters. The van der Waals surface area contributed by atoms with E-state index < -0.39 is 0 Å². The van der Waals surface area contributed by atoms with E-state index in [1.807, 2.05) is 50.2 Å². The van der Waals surface area contributed by atoms with Crippen molar-refractivity contribution in [2.45, 2.75) is 39.2 Å². The number of carbonyl (C=O) groups excluding carboxylic acids is 1. The van der Waals surface area contributed by atoms with Gasteiger partial charge in [0.2, 0.25) is 0 Å². The highest BCUT2D eigenvalue weighted by atomic mass is 16.3. The number of aryl methyl sites for hydroxylation is 3. The Labute approximate surface area is 147 Å². The number of carbonyl (C=O) groups is 1. The molecule has 1 atom stereocenters. The third kappa shape index (κ3) is 2.73. The number of likely N-dealkylation sites (tertiary alicyclic amines) is 1. The molecule has 1 aromatic carbocycles. The van der Waals surface area contributed by atoms with Gasteiger partial charge in [0.05, 0.1) is 11.7 Å². The summed E-state index contributed by atoms with van der Waals surface area (Å²) in [5.74, 6) is 0.435. The quantitative estimate of drug-likeness (QED) is 0.706. The molecule has 0 saturated carbocycles.